The Morgan fingerprint density at radius 2 is 1.40 bits per heavy atom. The lowest BCUT2D eigenvalue weighted by Gasteiger charge is -2.34. The molecule has 5 aromatic rings. The average molecular weight is 516 g/mol. The fourth-order valence-electron chi connectivity index (χ4n) is 6.96. The van der Waals surface area contributed by atoms with E-state index in [-0.39, 0.29) is 17.4 Å². The summed E-state index contributed by atoms with van der Waals surface area (Å²) in [5, 5.41) is 0. The molecular weight excluding hydrogens is 486 g/mol. The summed E-state index contributed by atoms with van der Waals surface area (Å²) in [5.74, 6) is 0.913. The lowest BCUT2D eigenvalue weighted by molar-refractivity contribution is 0.660. The molecule has 40 heavy (non-hydrogen) atoms. The summed E-state index contributed by atoms with van der Waals surface area (Å²) in [6, 6.07) is 35.1. The summed E-state index contributed by atoms with van der Waals surface area (Å²) in [5.41, 5.74) is 12.3. The normalized spacial score (nSPS) is 19.2. The molecule has 3 heteroatoms. The highest BCUT2D eigenvalue weighted by atomic mass is 15.3. The predicted octanol–water partition coefficient (Wildman–Crippen LogP) is 8.85. The first-order valence-corrected chi connectivity index (χ1v) is 14.0. The van der Waals surface area contributed by atoms with Crippen molar-refractivity contribution in [1.82, 2.24) is 9.97 Å². The molecule has 0 amide bonds. The molecule has 192 valence electrons. The van der Waals surface area contributed by atoms with Crippen LogP contribution in [0.1, 0.15) is 36.5 Å². The Hall–Kier alpha value is -4.76. The summed E-state index contributed by atoms with van der Waals surface area (Å²) in [6.07, 6.45) is 10.8. The lowest BCUT2D eigenvalue weighted by Crippen LogP contribution is -2.35. The molecule has 2 heterocycles. The molecule has 0 fully saturated rings. The molecule has 2 unspecified atom stereocenters. The van der Waals surface area contributed by atoms with Crippen molar-refractivity contribution in [2.45, 2.75) is 31.2 Å². The van der Waals surface area contributed by atoms with Crippen molar-refractivity contribution < 1.29 is 0 Å². The highest BCUT2D eigenvalue weighted by Gasteiger charge is 2.37. The zero-order chi connectivity index (χ0) is 26.8. The van der Waals surface area contributed by atoms with Crippen LogP contribution in [0.15, 0.2) is 128 Å². The van der Waals surface area contributed by atoms with Crippen LogP contribution in [0.5, 0.6) is 0 Å². The van der Waals surface area contributed by atoms with E-state index >= 15 is 0 Å². The number of hydrogen-bond acceptors (Lipinski definition) is 3. The first-order valence-electron chi connectivity index (χ1n) is 14.0. The Bertz CT molecular complexity index is 1860. The van der Waals surface area contributed by atoms with E-state index in [0.29, 0.717) is 0 Å². The van der Waals surface area contributed by atoms with Gasteiger partial charge in [-0.15, -0.1) is 0 Å². The van der Waals surface area contributed by atoms with Crippen molar-refractivity contribution in [3.63, 3.8) is 0 Å². The largest absolute Gasteiger partial charge is 0.302 e. The SMILES string of the molecule is CC1(C)c2ccccc2-c2ccc(-c3ccnc(N4c5ccccc5-c5ccccc5C5C=CC=CC54)n3)cc21. The van der Waals surface area contributed by atoms with E-state index in [9.17, 15) is 0 Å². The number of nitrogens with zero attached hydrogens (tertiary/aromatic N) is 3. The maximum Gasteiger partial charge on any atom is 0.231 e. The smallest absolute Gasteiger partial charge is 0.231 e. The fraction of sp³-hybridized carbons (Fsp3) is 0.135. The third kappa shape index (κ3) is 3.31. The highest BCUT2D eigenvalue weighted by Crippen LogP contribution is 2.50. The fourth-order valence-corrected chi connectivity index (χ4v) is 6.96. The third-order valence-corrected chi connectivity index (χ3v) is 8.92. The highest BCUT2D eigenvalue weighted by molar-refractivity contribution is 5.87. The van der Waals surface area contributed by atoms with Crippen LogP contribution in [0.2, 0.25) is 0 Å². The van der Waals surface area contributed by atoms with Gasteiger partial charge in [0.25, 0.3) is 0 Å². The number of hydrogen-bond donors (Lipinski definition) is 0. The quantitative estimate of drug-likeness (QED) is 0.235. The molecule has 0 radical (unpaired) electrons. The topological polar surface area (TPSA) is 29.0 Å². The molecular formula is C37H29N3. The molecule has 2 aliphatic carbocycles. The van der Waals surface area contributed by atoms with E-state index in [2.05, 4.69) is 134 Å². The predicted molar refractivity (Wildman–Crippen MR) is 164 cm³/mol. The van der Waals surface area contributed by atoms with Gasteiger partial charge >= 0.3 is 0 Å². The average Bonchev–Trinajstić information content (AvgIpc) is 3.15. The van der Waals surface area contributed by atoms with Crippen molar-refractivity contribution in [2.24, 2.45) is 0 Å². The molecule has 0 saturated carbocycles. The Labute approximate surface area is 235 Å². The first-order chi connectivity index (χ1) is 19.6. The third-order valence-electron chi connectivity index (χ3n) is 8.92. The van der Waals surface area contributed by atoms with Gasteiger partial charge in [0.2, 0.25) is 5.95 Å². The van der Waals surface area contributed by atoms with Gasteiger partial charge in [-0.25, -0.2) is 9.97 Å². The summed E-state index contributed by atoms with van der Waals surface area (Å²) < 4.78 is 0. The number of fused-ring (bicyclic) bond motifs is 8. The molecule has 0 saturated heterocycles. The summed E-state index contributed by atoms with van der Waals surface area (Å²) in [6.45, 7) is 4.64. The second-order valence-corrected chi connectivity index (χ2v) is 11.4. The van der Waals surface area contributed by atoms with Crippen molar-refractivity contribution in [2.75, 3.05) is 4.90 Å². The number of rotatable bonds is 2. The molecule has 0 N–H and O–H groups in total. The Morgan fingerprint density at radius 3 is 2.30 bits per heavy atom. The molecule has 3 nitrogen and oxygen atoms in total. The summed E-state index contributed by atoms with van der Waals surface area (Å²) in [7, 11) is 0. The first kappa shape index (κ1) is 23.2. The van der Waals surface area contributed by atoms with E-state index in [1.54, 1.807) is 0 Å². The van der Waals surface area contributed by atoms with Gasteiger partial charge in [-0.1, -0.05) is 117 Å². The zero-order valence-electron chi connectivity index (χ0n) is 22.6. The second-order valence-electron chi connectivity index (χ2n) is 11.4. The number of allylic oxidation sites excluding steroid dienone is 2. The van der Waals surface area contributed by atoms with Gasteiger partial charge in [0.05, 0.1) is 17.4 Å². The Morgan fingerprint density at radius 1 is 0.675 bits per heavy atom. The monoisotopic (exact) mass is 515 g/mol. The van der Waals surface area contributed by atoms with Crippen molar-refractivity contribution in [3.05, 3.63) is 144 Å². The Kier molecular flexibility index (Phi) is 4.99. The molecule has 2 atom stereocenters. The van der Waals surface area contributed by atoms with Crippen LogP contribution in [0.3, 0.4) is 0 Å². The van der Waals surface area contributed by atoms with E-state index in [1.165, 1.54) is 38.9 Å². The van der Waals surface area contributed by atoms with Crippen LogP contribution in [0.25, 0.3) is 33.5 Å². The van der Waals surface area contributed by atoms with E-state index in [0.717, 1.165) is 22.9 Å². The minimum atomic E-state index is -0.0558. The van der Waals surface area contributed by atoms with E-state index < -0.39 is 0 Å². The van der Waals surface area contributed by atoms with Gasteiger partial charge in [-0.3, -0.25) is 0 Å². The Balaban J connectivity index is 1.28. The minimum absolute atomic E-state index is 0.0558. The van der Waals surface area contributed by atoms with Crippen LogP contribution in [0.4, 0.5) is 11.6 Å². The molecule has 8 rings (SSSR count). The van der Waals surface area contributed by atoms with Gasteiger partial charge < -0.3 is 4.90 Å². The van der Waals surface area contributed by atoms with Crippen LogP contribution < -0.4 is 4.90 Å². The van der Waals surface area contributed by atoms with Crippen LogP contribution in [0, 0.1) is 0 Å². The summed E-state index contributed by atoms with van der Waals surface area (Å²) >= 11 is 0. The molecule has 1 aromatic heterocycles. The van der Waals surface area contributed by atoms with Crippen LogP contribution in [-0.2, 0) is 5.41 Å². The maximum atomic E-state index is 5.24. The van der Waals surface area contributed by atoms with Gasteiger partial charge in [-0.05, 0) is 51.6 Å². The molecule has 0 bridgehead atoms. The molecule has 1 aliphatic heterocycles. The molecule has 3 aliphatic rings. The summed E-state index contributed by atoms with van der Waals surface area (Å²) in [4.78, 5) is 12.4. The van der Waals surface area contributed by atoms with Crippen molar-refractivity contribution >= 4 is 11.6 Å². The number of para-hydroxylation sites is 1. The zero-order valence-corrected chi connectivity index (χ0v) is 22.6. The second kappa shape index (κ2) is 8.62. The van der Waals surface area contributed by atoms with Gasteiger partial charge in [0, 0.05) is 28.7 Å². The lowest BCUT2D eigenvalue weighted by atomic mass is 9.82. The van der Waals surface area contributed by atoms with E-state index in [4.69, 9.17) is 9.97 Å². The van der Waals surface area contributed by atoms with Crippen LogP contribution in [-0.4, -0.2) is 16.0 Å². The minimum Gasteiger partial charge on any atom is -0.302 e. The molecule has 0 spiro atoms. The maximum absolute atomic E-state index is 5.24. The number of aromatic nitrogens is 2. The van der Waals surface area contributed by atoms with Gasteiger partial charge in [0.15, 0.2) is 0 Å². The van der Waals surface area contributed by atoms with Gasteiger partial charge in [0.1, 0.15) is 0 Å². The van der Waals surface area contributed by atoms with Crippen molar-refractivity contribution in [3.8, 4) is 33.5 Å². The van der Waals surface area contributed by atoms with Crippen molar-refractivity contribution in [1.29, 1.82) is 0 Å². The van der Waals surface area contributed by atoms with E-state index in [1.807, 2.05) is 12.3 Å². The number of anilines is 2. The number of benzene rings is 4. The van der Waals surface area contributed by atoms with Crippen LogP contribution >= 0.6 is 0 Å². The standard InChI is InChI=1S/C37H29N3/c1-37(2)31-16-8-5-13-27(31)28-20-19-24(23-32(28)37)33-21-22-38-36(39-33)40-34-17-9-6-14-29(34)25-11-3-4-12-26(25)30-15-7-10-18-35(30)40/h3-23,29,34H,1-2H3. The van der Waals surface area contributed by atoms with Gasteiger partial charge in [-0.2, -0.15) is 0 Å². The molecule has 4 aromatic carbocycles.